The van der Waals surface area contributed by atoms with Gasteiger partial charge in [-0.2, -0.15) is 5.10 Å². The molecule has 0 saturated carbocycles. The lowest BCUT2D eigenvalue weighted by Crippen LogP contribution is -2.06. The van der Waals surface area contributed by atoms with Crippen LogP contribution in [0.1, 0.15) is 15.9 Å². The third kappa shape index (κ3) is 2.14. The van der Waals surface area contributed by atoms with E-state index >= 15 is 0 Å². The lowest BCUT2D eigenvalue weighted by Gasteiger charge is -2.06. The zero-order chi connectivity index (χ0) is 14.1. The third-order valence-electron chi connectivity index (χ3n) is 3.16. The summed E-state index contributed by atoms with van der Waals surface area (Å²) in [5, 5.41) is 14.1. The van der Waals surface area contributed by atoms with Crippen molar-refractivity contribution in [2.45, 2.75) is 6.54 Å². The number of hydrogen-bond donors (Lipinski definition) is 1. The molecule has 0 bridgehead atoms. The molecule has 0 spiro atoms. The lowest BCUT2D eigenvalue weighted by atomic mass is 10.1. The molecule has 1 heterocycles. The highest BCUT2D eigenvalue weighted by molar-refractivity contribution is 5.87. The molecule has 0 saturated heterocycles. The van der Waals surface area contributed by atoms with Crippen LogP contribution in [0.5, 0.6) is 0 Å². The molecule has 0 aliphatic heterocycles. The van der Waals surface area contributed by atoms with Gasteiger partial charge in [0.1, 0.15) is 5.82 Å². The van der Waals surface area contributed by atoms with Gasteiger partial charge in [-0.3, -0.25) is 4.68 Å². The van der Waals surface area contributed by atoms with Crippen molar-refractivity contribution in [1.82, 2.24) is 9.78 Å². The summed E-state index contributed by atoms with van der Waals surface area (Å²) in [5.41, 5.74) is 1.25. The van der Waals surface area contributed by atoms with E-state index < -0.39 is 11.8 Å². The molecule has 4 nitrogen and oxygen atoms in total. The summed E-state index contributed by atoms with van der Waals surface area (Å²) in [4.78, 5) is 10.9. The number of carbonyl (C=O) groups is 1. The maximum Gasteiger partial charge on any atom is 0.335 e. The summed E-state index contributed by atoms with van der Waals surface area (Å²) in [7, 11) is 0. The van der Waals surface area contributed by atoms with Crippen molar-refractivity contribution in [2.75, 3.05) is 0 Å². The highest BCUT2D eigenvalue weighted by Crippen LogP contribution is 2.17. The number of carboxylic acids is 1. The first-order valence-electron chi connectivity index (χ1n) is 6.07. The molecule has 3 rings (SSSR count). The van der Waals surface area contributed by atoms with Gasteiger partial charge in [0.2, 0.25) is 0 Å². The molecular weight excluding hydrogens is 259 g/mol. The number of carboxylic acid groups (broad SMARTS) is 1. The molecule has 100 valence electrons. The van der Waals surface area contributed by atoms with Crippen molar-refractivity contribution < 1.29 is 14.3 Å². The standard InChI is InChI=1S/C15H11FN2O2/c16-13-6-5-10(15(19)20)7-12(13)9-18-14-4-2-1-3-11(14)8-17-18/h1-8H,9H2,(H,19,20). The van der Waals surface area contributed by atoms with Crippen LogP contribution < -0.4 is 0 Å². The molecule has 0 aliphatic rings. The number of aromatic nitrogens is 2. The topological polar surface area (TPSA) is 55.1 Å². The maximum absolute atomic E-state index is 13.8. The molecule has 0 amide bonds. The van der Waals surface area contributed by atoms with Crippen LogP contribution in [0.3, 0.4) is 0 Å². The highest BCUT2D eigenvalue weighted by Gasteiger charge is 2.10. The molecule has 0 unspecified atom stereocenters. The molecule has 5 heteroatoms. The van der Waals surface area contributed by atoms with E-state index in [1.165, 1.54) is 18.2 Å². The van der Waals surface area contributed by atoms with Crippen molar-refractivity contribution in [2.24, 2.45) is 0 Å². The Morgan fingerprint density at radius 1 is 1.25 bits per heavy atom. The molecule has 0 aliphatic carbocycles. The summed E-state index contributed by atoms with van der Waals surface area (Å²) in [5.74, 6) is -1.51. The monoisotopic (exact) mass is 270 g/mol. The van der Waals surface area contributed by atoms with Gasteiger partial charge in [0, 0.05) is 10.9 Å². The van der Waals surface area contributed by atoms with Gasteiger partial charge in [0.05, 0.1) is 23.8 Å². The zero-order valence-electron chi connectivity index (χ0n) is 10.5. The minimum absolute atomic E-state index is 0.0675. The van der Waals surface area contributed by atoms with Crippen LogP contribution in [-0.2, 0) is 6.54 Å². The smallest absolute Gasteiger partial charge is 0.335 e. The van der Waals surface area contributed by atoms with E-state index in [-0.39, 0.29) is 12.1 Å². The maximum atomic E-state index is 13.8. The Morgan fingerprint density at radius 3 is 2.85 bits per heavy atom. The molecule has 0 fully saturated rings. The molecule has 0 atom stereocenters. The minimum Gasteiger partial charge on any atom is -0.478 e. The van der Waals surface area contributed by atoms with Crippen LogP contribution in [0.4, 0.5) is 4.39 Å². The average molecular weight is 270 g/mol. The molecular formula is C15H11FN2O2. The Hall–Kier alpha value is -2.69. The van der Waals surface area contributed by atoms with Gasteiger partial charge in [-0.15, -0.1) is 0 Å². The van der Waals surface area contributed by atoms with E-state index in [4.69, 9.17) is 5.11 Å². The first-order chi connectivity index (χ1) is 9.65. The molecule has 1 aromatic heterocycles. The summed E-state index contributed by atoms with van der Waals surface area (Å²) >= 11 is 0. The third-order valence-corrected chi connectivity index (χ3v) is 3.16. The summed E-state index contributed by atoms with van der Waals surface area (Å²) in [6, 6.07) is 11.4. The number of hydrogen-bond acceptors (Lipinski definition) is 2. The van der Waals surface area contributed by atoms with Gasteiger partial charge in [-0.1, -0.05) is 18.2 Å². The fourth-order valence-corrected chi connectivity index (χ4v) is 2.14. The second-order valence-corrected chi connectivity index (χ2v) is 4.47. The molecule has 2 aromatic carbocycles. The Bertz CT molecular complexity index is 795. The number of aromatic carboxylic acids is 1. The first kappa shape index (κ1) is 12.3. The van der Waals surface area contributed by atoms with Crippen LogP contribution in [0.25, 0.3) is 10.9 Å². The van der Waals surface area contributed by atoms with E-state index in [0.717, 1.165) is 10.9 Å². The van der Waals surface area contributed by atoms with Gasteiger partial charge in [0.25, 0.3) is 0 Å². The van der Waals surface area contributed by atoms with Gasteiger partial charge in [-0.05, 0) is 24.3 Å². The van der Waals surface area contributed by atoms with Gasteiger partial charge >= 0.3 is 5.97 Å². The van der Waals surface area contributed by atoms with Crippen molar-refractivity contribution >= 4 is 16.9 Å². The van der Waals surface area contributed by atoms with E-state index in [1.807, 2.05) is 24.3 Å². The lowest BCUT2D eigenvalue weighted by molar-refractivity contribution is 0.0696. The van der Waals surface area contributed by atoms with Crippen molar-refractivity contribution in [3.63, 3.8) is 0 Å². The molecule has 0 radical (unpaired) electrons. The van der Waals surface area contributed by atoms with Crippen molar-refractivity contribution in [3.8, 4) is 0 Å². The van der Waals surface area contributed by atoms with Crippen LogP contribution >= 0.6 is 0 Å². The van der Waals surface area contributed by atoms with Crippen molar-refractivity contribution in [1.29, 1.82) is 0 Å². The number of fused-ring (bicyclic) bond motifs is 1. The average Bonchev–Trinajstić information content (AvgIpc) is 2.84. The van der Waals surface area contributed by atoms with Crippen LogP contribution in [-0.4, -0.2) is 20.9 Å². The van der Waals surface area contributed by atoms with E-state index in [9.17, 15) is 9.18 Å². The summed E-state index contributed by atoms with van der Waals surface area (Å²) in [6.45, 7) is 0.195. The van der Waals surface area contributed by atoms with Crippen LogP contribution in [0, 0.1) is 5.82 Å². The van der Waals surface area contributed by atoms with Crippen LogP contribution in [0.15, 0.2) is 48.7 Å². The van der Waals surface area contributed by atoms with Gasteiger partial charge < -0.3 is 5.11 Å². The highest BCUT2D eigenvalue weighted by atomic mass is 19.1. The summed E-state index contributed by atoms with van der Waals surface area (Å²) < 4.78 is 15.4. The quantitative estimate of drug-likeness (QED) is 0.796. The van der Waals surface area contributed by atoms with E-state index in [2.05, 4.69) is 5.10 Å². The normalized spacial score (nSPS) is 10.8. The molecule has 1 N–H and O–H groups in total. The number of benzene rings is 2. The van der Waals surface area contributed by atoms with E-state index in [1.54, 1.807) is 10.9 Å². The number of rotatable bonds is 3. The Kier molecular flexibility index (Phi) is 2.95. The molecule has 20 heavy (non-hydrogen) atoms. The fraction of sp³-hybridized carbons (Fsp3) is 0.0667. The number of para-hydroxylation sites is 1. The van der Waals surface area contributed by atoms with Crippen molar-refractivity contribution in [3.05, 3.63) is 65.6 Å². The van der Waals surface area contributed by atoms with E-state index in [0.29, 0.717) is 5.56 Å². The first-order valence-corrected chi connectivity index (χ1v) is 6.07. The molecule has 3 aromatic rings. The fourth-order valence-electron chi connectivity index (χ4n) is 2.14. The number of nitrogens with zero attached hydrogens (tertiary/aromatic N) is 2. The minimum atomic E-state index is -1.07. The zero-order valence-corrected chi connectivity index (χ0v) is 10.5. The second-order valence-electron chi connectivity index (χ2n) is 4.47. The van der Waals surface area contributed by atoms with Crippen LogP contribution in [0.2, 0.25) is 0 Å². The Labute approximate surface area is 114 Å². The van der Waals surface area contributed by atoms with Gasteiger partial charge in [0.15, 0.2) is 0 Å². The number of halogens is 1. The Morgan fingerprint density at radius 2 is 2.05 bits per heavy atom. The second kappa shape index (κ2) is 4.77. The Balaban J connectivity index is 2.02. The predicted octanol–water partition coefficient (Wildman–Crippen LogP) is 2.92. The van der Waals surface area contributed by atoms with Gasteiger partial charge in [-0.25, -0.2) is 9.18 Å². The SMILES string of the molecule is O=C(O)c1ccc(F)c(Cn2ncc3ccccc32)c1. The predicted molar refractivity (Wildman–Crippen MR) is 72.2 cm³/mol. The summed E-state index contributed by atoms with van der Waals surface area (Å²) in [6.07, 6.45) is 1.70. The largest absolute Gasteiger partial charge is 0.478 e.